The van der Waals surface area contributed by atoms with Gasteiger partial charge in [-0.05, 0) is 54.2 Å². The SMILES string of the molecule is COc1cc(C=NN2C(=O)[C@@H]3[C@H](C2=O)[C@H]2C=C[C@H]3C2)ccc1OCC(=O)Nc1ccccc1F. The Morgan fingerprint density at radius 3 is 2.50 bits per heavy atom. The van der Waals surface area contributed by atoms with E-state index in [2.05, 4.69) is 10.4 Å². The zero-order chi connectivity index (χ0) is 23.8. The topological polar surface area (TPSA) is 97.3 Å². The third-order valence-corrected chi connectivity index (χ3v) is 6.46. The fourth-order valence-electron chi connectivity index (χ4n) is 4.90. The van der Waals surface area contributed by atoms with Crippen molar-refractivity contribution in [2.24, 2.45) is 28.8 Å². The van der Waals surface area contributed by atoms with Crippen molar-refractivity contribution in [2.75, 3.05) is 19.0 Å². The van der Waals surface area contributed by atoms with Gasteiger partial charge >= 0.3 is 0 Å². The van der Waals surface area contributed by atoms with Gasteiger partial charge in [0.15, 0.2) is 18.1 Å². The second kappa shape index (κ2) is 8.74. The number of hydrogen-bond acceptors (Lipinski definition) is 6. The summed E-state index contributed by atoms with van der Waals surface area (Å²) in [5.41, 5.74) is 0.646. The van der Waals surface area contributed by atoms with Crippen molar-refractivity contribution >= 4 is 29.6 Å². The van der Waals surface area contributed by atoms with Crippen molar-refractivity contribution in [1.29, 1.82) is 0 Å². The van der Waals surface area contributed by atoms with Crippen molar-refractivity contribution in [1.82, 2.24) is 5.01 Å². The van der Waals surface area contributed by atoms with E-state index in [0.717, 1.165) is 11.4 Å². The summed E-state index contributed by atoms with van der Waals surface area (Å²) in [6.07, 6.45) is 6.35. The number of hydrogen-bond donors (Lipinski definition) is 1. The Hall–Kier alpha value is -4.01. The number of anilines is 1. The first-order valence-corrected chi connectivity index (χ1v) is 10.9. The third kappa shape index (κ3) is 3.83. The van der Waals surface area contributed by atoms with E-state index in [9.17, 15) is 18.8 Å². The van der Waals surface area contributed by atoms with Crippen LogP contribution in [0.25, 0.3) is 0 Å². The number of ether oxygens (including phenoxy) is 2. The molecule has 9 heteroatoms. The smallest absolute Gasteiger partial charge is 0.262 e. The molecule has 174 valence electrons. The number of allylic oxidation sites excluding steroid dienone is 2. The molecular weight excluding hydrogens is 441 g/mol. The molecule has 1 heterocycles. The molecule has 3 aliphatic rings. The van der Waals surface area contributed by atoms with Gasteiger partial charge in [-0.1, -0.05) is 24.3 Å². The van der Waals surface area contributed by atoms with Gasteiger partial charge in [0, 0.05) is 0 Å². The Kier molecular flexibility index (Phi) is 5.61. The maximum Gasteiger partial charge on any atom is 0.262 e. The number of hydrazone groups is 1. The molecule has 2 aromatic rings. The molecule has 4 atom stereocenters. The third-order valence-electron chi connectivity index (χ3n) is 6.46. The molecule has 2 aromatic carbocycles. The summed E-state index contributed by atoms with van der Waals surface area (Å²) in [5, 5.41) is 7.57. The van der Waals surface area contributed by atoms with E-state index in [0.29, 0.717) is 17.1 Å². The molecule has 0 aromatic heterocycles. The molecule has 34 heavy (non-hydrogen) atoms. The van der Waals surface area contributed by atoms with Crippen molar-refractivity contribution in [3.05, 3.63) is 66.0 Å². The Bertz CT molecular complexity index is 1200. The second-order valence-electron chi connectivity index (χ2n) is 8.46. The molecule has 1 saturated heterocycles. The molecule has 1 N–H and O–H groups in total. The first-order valence-electron chi connectivity index (χ1n) is 10.9. The van der Waals surface area contributed by atoms with Crippen molar-refractivity contribution in [3.8, 4) is 11.5 Å². The lowest BCUT2D eigenvalue weighted by Gasteiger charge is -2.13. The predicted molar refractivity (Wildman–Crippen MR) is 121 cm³/mol. The van der Waals surface area contributed by atoms with Gasteiger partial charge in [0.05, 0.1) is 30.8 Å². The molecule has 0 radical (unpaired) electrons. The van der Waals surface area contributed by atoms with Crippen LogP contribution in [0.4, 0.5) is 10.1 Å². The molecule has 2 fully saturated rings. The van der Waals surface area contributed by atoms with E-state index >= 15 is 0 Å². The first-order chi connectivity index (χ1) is 16.5. The van der Waals surface area contributed by atoms with Crippen LogP contribution >= 0.6 is 0 Å². The fourth-order valence-corrected chi connectivity index (χ4v) is 4.90. The molecule has 1 saturated carbocycles. The summed E-state index contributed by atoms with van der Waals surface area (Å²) in [5.74, 6) is -1.31. The number of nitrogens with zero attached hydrogens (tertiary/aromatic N) is 2. The minimum absolute atomic E-state index is 0.0635. The van der Waals surface area contributed by atoms with E-state index in [1.54, 1.807) is 24.3 Å². The number of fused-ring (bicyclic) bond motifs is 5. The van der Waals surface area contributed by atoms with Gasteiger partial charge in [0.2, 0.25) is 0 Å². The molecular formula is C25H22FN3O5. The molecule has 0 unspecified atom stereocenters. The van der Waals surface area contributed by atoms with Crippen LogP contribution in [0.5, 0.6) is 11.5 Å². The average Bonchev–Trinajstić information content (AvgIpc) is 3.52. The minimum Gasteiger partial charge on any atom is -0.493 e. The Balaban J connectivity index is 1.23. The Morgan fingerprint density at radius 1 is 1.12 bits per heavy atom. The highest BCUT2D eigenvalue weighted by atomic mass is 19.1. The van der Waals surface area contributed by atoms with Crippen molar-refractivity contribution < 1.29 is 28.2 Å². The van der Waals surface area contributed by atoms with Crippen LogP contribution in [0.2, 0.25) is 0 Å². The Morgan fingerprint density at radius 2 is 1.82 bits per heavy atom. The van der Waals surface area contributed by atoms with Crippen LogP contribution in [0.15, 0.2) is 59.7 Å². The van der Waals surface area contributed by atoms with Crippen LogP contribution in [0.3, 0.4) is 0 Å². The highest BCUT2D eigenvalue weighted by molar-refractivity contribution is 6.06. The minimum atomic E-state index is -0.542. The summed E-state index contributed by atoms with van der Waals surface area (Å²) in [6, 6.07) is 10.7. The summed E-state index contributed by atoms with van der Waals surface area (Å²) < 4.78 is 24.5. The van der Waals surface area contributed by atoms with Crippen molar-refractivity contribution in [3.63, 3.8) is 0 Å². The maximum absolute atomic E-state index is 13.7. The van der Waals surface area contributed by atoms with Crippen LogP contribution in [0.1, 0.15) is 12.0 Å². The van der Waals surface area contributed by atoms with Gasteiger partial charge in [0.1, 0.15) is 5.82 Å². The molecule has 8 nitrogen and oxygen atoms in total. The van der Waals surface area contributed by atoms with Crippen LogP contribution in [-0.2, 0) is 14.4 Å². The van der Waals surface area contributed by atoms with Gasteiger partial charge in [-0.15, -0.1) is 0 Å². The number of para-hydroxylation sites is 1. The molecule has 2 aliphatic carbocycles. The van der Waals surface area contributed by atoms with E-state index in [1.807, 2.05) is 12.2 Å². The van der Waals surface area contributed by atoms with Crippen LogP contribution in [0, 0.1) is 29.5 Å². The molecule has 2 bridgehead atoms. The normalized spacial score (nSPS) is 24.7. The summed E-state index contributed by atoms with van der Waals surface area (Å²) in [7, 11) is 1.44. The molecule has 1 aliphatic heterocycles. The zero-order valence-electron chi connectivity index (χ0n) is 18.3. The molecule has 3 amide bonds. The van der Waals surface area contributed by atoms with Gasteiger partial charge in [0.25, 0.3) is 17.7 Å². The number of halogens is 1. The lowest BCUT2D eigenvalue weighted by molar-refractivity contribution is -0.140. The predicted octanol–water partition coefficient (Wildman–Crippen LogP) is 2.99. The van der Waals surface area contributed by atoms with E-state index in [-0.39, 0.29) is 47.8 Å². The van der Waals surface area contributed by atoms with Gasteiger partial charge in [-0.3, -0.25) is 14.4 Å². The van der Waals surface area contributed by atoms with Crippen LogP contribution in [-0.4, -0.2) is 42.7 Å². The quantitative estimate of drug-likeness (QED) is 0.387. The number of nitrogens with one attached hydrogen (secondary N) is 1. The van der Waals surface area contributed by atoms with Gasteiger partial charge < -0.3 is 14.8 Å². The van der Waals surface area contributed by atoms with Crippen molar-refractivity contribution in [2.45, 2.75) is 6.42 Å². The number of amides is 3. The summed E-state index contributed by atoms with van der Waals surface area (Å²) >= 11 is 0. The molecule has 0 spiro atoms. The number of carbonyl (C=O) groups excluding carboxylic acids is 3. The van der Waals surface area contributed by atoms with Crippen LogP contribution < -0.4 is 14.8 Å². The fraction of sp³-hybridized carbons (Fsp3) is 0.280. The van der Waals surface area contributed by atoms with E-state index in [4.69, 9.17) is 9.47 Å². The lowest BCUT2D eigenvalue weighted by atomic mass is 9.85. The highest BCUT2D eigenvalue weighted by Gasteiger charge is 2.59. The van der Waals surface area contributed by atoms with E-state index in [1.165, 1.54) is 31.5 Å². The number of carbonyl (C=O) groups is 3. The standard InChI is InChI=1S/C25H22FN3O5/c1-33-20-10-14(6-9-19(20)34-13-21(30)28-18-5-3-2-4-17(18)26)12-27-29-24(31)22-15-7-8-16(11-15)23(22)25(29)32/h2-10,12,15-16,22-23H,11,13H2,1H3,(H,28,30)/t15-,16-,22-,23+/m0/s1. The number of methoxy groups -OCH3 is 1. The summed E-state index contributed by atoms with van der Waals surface area (Å²) in [4.78, 5) is 37.6. The molecule has 5 rings (SSSR count). The van der Waals surface area contributed by atoms with Gasteiger partial charge in [-0.2, -0.15) is 10.1 Å². The Labute approximate surface area is 195 Å². The maximum atomic E-state index is 13.7. The van der Waals surface area contributed by atoms with Gasteiger partial charge in [-0.25, -0.2) is 4.39 Å². The number of imide groups is 1. The first kappa shape index (κ1) is 21.8. The second-order valence-corrected chi connectivity index (χ2v) is 8.46. The highest BCUT2D eigenvalue weighted by Crippen LogP contribution is 2.52. The largest absolute Gasteiger partial charge is 0.493 e. The number of rotatable bonds is 7. The average molecular weight is 463 g/mol. The monoisotopic (exact) mass is 463 g/mol. The van der Waals surface area contributed by atoms with E-state index < -0.39 is 11.7 Å². The lowest BCUT2D eigenvalue weighted by Crippen LogP contribution is -2.28. The zero-order valence-corrected chi connectivity index (χ0v) is 18.3. The number of benzene rings is 2. The summed E-state index contributed by atoms with van der Waals surface area (Å²) in [6.45, 7) is -0.353.